The van der Waals surface area contributed by atoms with Crippen molar-refractivity contribution in [3.63, 3.8) is 0 Å². The van der Waals surface area contributed by atoms with E-state index in [4.69, 9.17) is 17.5 Å². The average molecular weight is 507 g/mol. The minimum absolute atomic E-state index is 1.24. The van der Waals surface area contributed by atoms with Gasteiger partial charge in [-0.1, -0.05) is 159 Å². The predicted octanol–water partition coefficient (Wildman–Crippen LogP) is 9.77. The lowest BCUT2D eigenvalue weighted by Crippen LogP contribution is -1.89. The summed E-state index contributed by atoms with van der Waals surface area (Å²) in [5.41, 5.74) is 1.53. The van der Waals surface area contributed by atoms with E-state index < -0.39 is 10.4 Å². The molecular weight excluding hydrogens is 456 g/mol. The molecule has 0 unspecified atom stereocenters. The molecule has 2 aromatic carbocycles. The van der Waals surface area contributed by atoms with Crippen molar-refractivity contribution in [3.8, 4) is 0 Å². The summed E-state index contributed by atoms with van der Waals surface area (Å²) in [6.07, 6.45) is 27.3. The molecule has 0 aliphatic heterocycles. The van der Waals surface area contributed by atoms with E-state index in [1.54, 1.807) is 0 Å². The van der Waals surface area contributed by atoms with Crippen LogP contribution in [0.1, 0.15) is 128 Å². The summed E-state index contributed by atoms with van der Waals surface area (Å²) in [7, 11) is -4.67. The van der Waals surface area contributed by atoms with Gasteiger partial charge >= 0.3 is 10.4 Å². The second-order valence-electron chi connectivity index (χ2n) is 9.85. The van der Waals surface area contributed by atoms with Gasteiger partial charge in [0.05, 0.1) is 0 Å². The maximum absolute atomic E-state index is 8.74. The first-order chi connectivity index (χ1) is 16.9. The lowest BCUT2D eigenvalue weighted by Gasteiger charge is -2.07. The first-order valence-electron chi connectivity index (χ1n) is 14.1. The van der Waals surface area contributed by atoms with Gasteiger partial charge < -0.3 is 0 Å². The Morgan fingerprint density at radius 1 is 0.543 bits per heavy atom. The van der Waals surface area contributed by atoms with Crippen molar-refractivity contribution < 1.29 is 17.5 Å². The average Bonchev–Trinajstić information content (AvgIpc) is 2.82. The fourth-order valence-electron chi connectivity index (χ4n) is 4.73. The van der Waals surface area contributed by atoms with E-state index in [-0.39, 0.29) is 0 Å². The third-order valence-corrected chi connectivity index (χ3v) is 6.68. The van der Waals surface area contributed by atoms with Crippen LogP contribution < -0.4 is 0 Å². The predicted molar refractivity (Wildman–Crippen MR) is 151 cm³/mol. The Labute approximate surface area is 215 Å². The van der Waals surface area contributed by atoms with Crippen LogP contribution in [0.4, 0.5) is 0 Å². The van der Waals surface area contributed by atoms with Gasteiger partial charge in [-0.25, -0.2) is 0 Å². The largest absolute Gasteiger partial charge is 0.394 e. The maximum Gasteiger partial charge on any atom is 0.394 e. The normalized spacial score (nSPS) is 11.4. The molecule has 0 saturated carbocycles. The van der Waals surface area contributed by atoms with Crippen LogP contribution in [0.5, 0.6) is 0 Å². The van der Waals surface area contributed by atoms with Crippen LogP contribution in [0.3, 0.4) is 0 Å². The molecule has 0 bridgehead atoms. The zero-order chi connectivity index (χ0) is 25.6. The van der Waals surface area contributed by atoms with E-state index in [9.17, 15) is 0 Å². The molecule has 0 saturated heterocycles. The molecule has 5 heteroatoms. The number of hydrogen-bond acceptors (Lipinski definition) is 2. The van der Waals surface area contributed by atoms with Crippen LogP contribution in [0.15, 0.2) is 42.5 Å². The minimum atomic E-state index is -4.67. The molecule has 0 heterocycles. The van der Waals surface area contributed by atoms with Crippen molar-refractivity contribution >= 4 is 21.2 Å². The highest BCUT2D eigenvalue weighted by Crippen LogP contribution is 2.21. The van der Waals surface area contributed by atoms with E-state index in [0.717, 1.165) is 0 Å². The molecule has 2 aromatic rings. The summed E-state index contributed by atoms with van der Waals surface area (Å²) in [6, 6.07) is 15.6. The summed E-state index contributed by atoms with van der Waals surface area (Å²) < 4.78 is 31.6. The van der Waals surface area contributed by atoms with E-state index in [1.807, 2.05) is 0 Å². The van der Waals surface area contributed by atoms with Crippen LogP contribution in [0.25, 0.3) is 10.8 Å². The van der Waals surface area contributed by atoms with Gasteiger partial charge in [-0.05, 0) is 29.2 Å². The van der Waals surface area contributed by atoms with Gasteiger partial charge in [0.1, 0.15) is 0 Å². The molecule has 0 fully saturated rings. The Kier molecular flexibility index (Phi) is 18.7. The number of benzene rings is 2. The van der Waals surface area contributed by atoms with Gasteiger partial charge in [0, 0.05) is 0 Å². The van der Waals surface area contributed by atoms with Crippen molar-refractivity contribution in [1.82, 2.24) is 0 Å². The molecule has 0 aliphatic carbocycles. The third kappa shape index (κ3) is 19.4. The molecule has 0 radical (unpaired) electrons. The summed E-state index contributed by atoms with van der Waals surface area (Å²) in [5, 5.41) is 2.84. The Hall–Kier alpha value is -1.43. The van der Waals surface area contributed by atoms with E-state index in [1.165, 1.54) is 138 Å². The molecule has 2 rings (SSSR count). The summed E-state index contributed by atoms with van der Waals surface area (Å²) in [5.74, 6) is 0. The van der Waals surface area contributed by atoms with Crippen molar-refractivity contribution in [3.05, 3.63) is 48.0 Å². The van der Waals surface area contributed by atoms with Crippen molar-refractivity contribution in [2.24, 2.45) is 0 Å². The van der Waals surface area contributed by atoms with Gasteiger partial charge in [-0.3, -0.25) is 9.11 Å². The number of unbranched alkanes of at least 4 members (excludes halogenated alkanes) is 17. The zero-order valence-corrected chi connectivity index (χ0v) is 22.9. The number of rotatable bonds is 19. The molecular formula is C30H50O4S. The van der Waals surface area contributed by atoms with Gasteiger partial charge in [0.25, 0.3) is 0 Å². The van der Waals surface area contributed by atoms with Crippen LogP contribution >= 0.6 is 0 Å². The Morgan fingerprint density at radius 3 is 1.37 bits per heavy atom. The van der Waals surface area contributed by atoms with Gasteiger partial charge in [-0.2, -0.15) is 8.42 Å². The summed E-state index contributed by atoms with van der Waals surface area (Å²) >= 11 is 0. The molecule has 0 aliphatic rings. The molecule has 2 N–H and O–H groups in total. The van der Waals surface area contributed by atoms with E-state index >= 15 is 0 Å². The fraction of sp³-hybridized carbons (Fsp3) is 0.667. The van der Waals surface area contributed by atoms with Crippen molar-refractivity contribution in [1.29, 1.82) is 0 Å². The minimum Gasteiger partial charge on any atom is -0.264 e. The topological polar surface area (TPSA) is 74.6 Å². The smallest absolute Gasteiger partial charge is 0.264 e. The van der Waals surface area contributed by atoms with E-state index in [0.29, 0.717) is 0 Å². The lowest BCUT2D eigenvalue weighted by atomic mass is 9.99. The Bertz CT molecular complexity index is 850. The van der Waals surface area contributed by atoms with Crippen LogP contribution in [-0.4, -0.2) is 17.5 Å². The third-order valence-electron chi connectivity index (χ3n) is 6.68. The molecule has 0 atom stereocenters. The zero-order valence-electron chi connectivity index (χ0n) is 22.1. The number of fused-ring (bicyclic) bond motifs is 1. The highest BCUT2D eigenvalue weighted by molar-refractivity contribution is 7.79. The SMILES string of the molecule is CCCCCCCCCCCCCCCCCCCCc1cccc2ccccc12.O=S(=O)(O)O. The first-order valence-corrected chi connectivity index (χ1v) is 15.5. The number of aryl methyl sites for hydroxylation is 1. The Morgan fingerprint density at radius 2 is 0.914 bits per heavy atom. The van der Waals surface area contributed by atoms with Crippen LogP contribution in [0, 0.1) is 0 Å². The monoisotopic (exact) mass is 506 g/mol. The molecule has 35 heavy (non-hydrogen) atoms. The molecule has 0 amide bonds. The number of hydrogen-bond donors (Lipinski definition) is 2. The van der Waals surface area contributed by atoms with Crippen molar-refractivity contribution in [2.45, 2.75) is 129 Å². The fourth-order valence-corrected chi connectivity index (χ4v) is 4.73. The molecule has 0 aromatic heterocycles. The summed E-state index contributed by atoms with van der Waals surface area (Å²) in [4.78, 5) is 0. The lowest BCUT2D eigenvalue weighted by molar-refractivity contribution is 0.381. The second kappa shape index (κ2) is 20.7. The Balaban J connectivity index is 0.00000111. The van der Waals surface area contributed by atoms with Crippen molar-refractivity contribution in [2.75, 3.05) is 0 Å². The standard InChI is InChI=1S/C30H48.H2O4S/c1-2-3-4-5-6-7-8-9-10-11-12-13-14-15-16-17-18-19-23-28-25-22-26-29-24-20-21-27-30(28)29;1-5(2,3)4/h20-22,24-27H,2-19,23H2,1H3;(H2,1,2,3,4). The maximum atomic E-state index is 8.74. The second-order valence-corrected chi connectivity index (χ2v) is 10.7. The molecule has 0 spiro atoms. The van der Waals surface area contributed by atoms with E-state index in [2.05, 4.69) is 49.4 Å². The van der Waals surface area contributed by atoms with Gasteiger partial charge in [0.15, 0.2) is 0 Å². The quantitative estimate of drug-likeness (QED) is 0.147. The molecule has 200 valence electrons. The first kappa shape index (κ1) is 31.6. The summed E-state index contributed by atoms with van der Waals surface area (Å²) in [6.45, 7) is 2.30. The highest BCUT2D eigenvalue weighted by atomic mass is 32.3. The molecule has 4 nitrogen and oxygen atoms in total. The highest BCUT2D eigenvalue weighted by Gasteiger charge is 2.00. The van der Waals surface area contributed by atoms with Crippen LogP contribution in [-0.2, 0) is 16.8 Å². The van der Waals surface area contributed by atoms with Gasteiger partial charge in [-0.15, -0.1) is 0 Å². The van der Waals surface area contributed by atoms with Gasteiger partial charge in [0.2, 0.25) is 0 Å². The van der Waals surface area contributed by atoms with Crippen LogP contribution in [0.2, 0.25) is 0 Å².